The average Bonchev–Trinajstić information content (AvgIpc) is 2.11. The zero-order chi connectivity index (χ0) is 10.4. The molecule has 1 aromatic carbocycles. The lowest BCUT2D eigenvalue weighted by molar-refractivity contribution is 0.172. The highest BCUT2D eigenvalue weighted by atomic mass is 79.9. The van der Waals surface area contributed by atoms with E-state index in [4.69, 9.17) is 15.2 Å². The van der Waals surface area contributed by atoms with Crippen LogP contribution in [0.1, 0.15) is 6.42 Å². The predicted molar refractivity (Wildman–Crippen MR) is 60.5 cm³/mol. The maximum Gasteiger partial charge on any atom is 0.122 e. The highest BCUT2D eigenvalue weighted by Crippen LogP contribution is 2.22. The second kappa shape index (κ2) is 5.88. The second-order valence-electron chi connectivity index (χ2n) is 2.92. The van der Waals surface area contributed by atoms with Crippen molar-refractivity contribution >= 4 is 21.6 Å². The largest absolute Gasteiger partial charge is 0.493 e. The summed E-state index contributed by atoms with van der Waals surface area (Å²) in [4.78, 5) is 0. The summed E-state index contributed by atoms with van der Waals surface area (Å²) in [5.41, 5.74) is 6.35. The van der Waals surface area contributed by atoms with Crippen molar-refractivity contribution in [3.8, 4) is 5.75 Å². The van der Waals surface area contributed by atoms with Gasteiger partial charge in [-0.2, -0.15) is 0 Å². The van der Waals surface area contributed by atoms with Crippen molar-refractivity contribution in [3.63, 3.8) is 0 Å². The van der Waals surface area contributed by atoms with E-state index >= 15 is 0 Å². The smallest absolute Gasteiger partial charge is 0.122 e. The maximum atomic E-state index is 5.66. The monoisotopic (exact) mass is 259 g/mol. The normalized spacial score (nSPS) is 10.1. The molecule has 0 amide bonds. The SMILES string of the molecule is COCCCOc1cc(N)cc(Br)c1. The third-order valence-electron chi connectivity index (χ3n) is 1.66. The number of benzene rings is 1. The van der Waals surface area contributed by atoms with Crippen molar-refractivity contribution in [1.29, 1.82) is 0 Å². The van der Waals surface area contributed by atoms with Gasteiger partial charge in [-0.15, -0.1) is 0 Å². The number of methoxy groups -OCH3 is 1. The Kier molecular flexibility index (Phi) is 4.76. The summed E-state index contributed by atoms with van der Waals surface area (Å²) < 4.78 is 11.3. The molecule has 0 unspecified atom stereocenters. The Labute approximate surface area is 92.3 Å². The van der Waals surface area contributed by atoms with Crippen molar-refractivity contribution in [2.75, 3.05) is 26.1 Å². The third-order valence-corrected chi connectivity index (χ3v) is 2.11. The lowest BCUT2D eigenvalue weighted by atomic mass is 10.3. The molecule has 0 heterocycles. The van der Waals surface area contributed by atoms with Gasteiger partial charge in [0.2, 0.25) is 0 Å². The minimum absolute atomic E-state index is 0.643. The molecule has 0 aliphatic heterocycles. The van der Waals surface area contributed by atoms with Gasteiger partial charge in [0, 0.05) is 36.4 Å². The molecule has 0 saturated heterocycles. The van der Waals surface area contributed by atoms with Crippen molar-refractivity contribution < 1.29 is 9.47 Å². The van der Waals surface area contributed by atoms with Crippen LogP contribution in [0, 0.1) is 0 Å². The van der Waals surface area contributed by atoms with Crippen LogP contribution >= 0.6 is 15.9 Å². The van der Waals surface area contributed by atoms with E-state index in [1.54, 1.807) is 13.2 Å². The van der Waals surface area contributed by atoms with Gasteiger partial charge in [0.1, 0.15) is 5.75 Å². The van der Waals surface area contributed by atoms with Crippen LogP contribution in [0.3, 0.4) is 0 Å². The van der Waals surface area contributed by atoms with Gasteiger partial charge in [-0.3, -0.25) is 0 Å². The fourth-order valence-corrected chi connectivity index (χ4v) is 1.55. The molecule has 2 N–H and O–H groups in total. The first-order valence-corrected chi connectivity index (χ1v) is 5.19. The molecule has 0 saturated carbocycles. The summed E-state index contributed by atoms with van der Waals surface area (Å²) in [7, 11) is 1.68. The molecular formula is C10H14BrNO2. The number of nitrogen functional groups attached to an aromatic ring is 1. The van der Waals surface area contributed by atoms with Crippen LogP contribution in [-0.4, -0.2) is 20.3 Å². The zero-order valence-corrected chi connectivity index (χ0v) is 9.71. The van der Waals surface area contributed by atoms with Crippen LogP contribution in [0.25, 0.3) is 0 Å². The Morgan fingerprint density at radius 3 is 2.71 bits per heavy atom. The molecule has 1 aromatic rings. The molecule has 0 atom stereocenters. The van der Waals surface area contributed by atoms with Gasteiger partial charge in [-0.05, 0) is 12.1 Å². The fraction of sp³-hybridized carbons (Fsp3) is 0.400. The highest BCUT2D eigenvalue weighted by Gasteiger charge is 1.97. The van der Waals surface area contributed by atoms with Crippen molar-refractivity contribution in [3.05, 3.63) is 22.7 Å². The maximum absolute atomic E-state index is 5.66. The molecule has 0 bridgehead atoms. The number of hydrogen-bond acceptors (Lipinski definition) is 3. The predicted octanol–water partition coefficient (Wildman–Crippen LogP) is 2.45. The first kappa shape index (κ1) is 11.3. The van der Waals surface area contributed by atoms with Gasteiger partial charge in [0.15, 0.2) is 0 Å². The van der Waals surface area contributed by atoms with E-state index in [9.17, 15) is 0 Å². The Bertz CT molecular complexity index is 271. The van der Waals surface area contributed by atoms with Crippen LogP contribution in [-0.2, 0) is 4.74 Å². The second-order valence-corrected chi connectivity index (χ2v) is 3.83. The minimum atomic E-state index is 0.643. The summed E-state index contributed by atoms with van der Waals surface area (Å²) in [6.07, 6.45) is 0.878. The van der Waals surface area contributed by atoms with Crippen LogP contribution in [0.15, 0.2) is 22.7 Å². The number of nitrogens with two attached hydrogens (primary N) is 1. The fourth-order valence-electron chi connectivity index (χ4n) is 1.06. The molecule has 0 fully saturated rings. The molecule has 78 valence electrons. The Balaban J connectivity index is 2.42. The molecule has 3 nitrogen and oxygen atoms in total. The Morgan fingerprint density at radius 1 is 1.29 bits per heavy atom. The van der Waals surface area contributed by atoms with E-state index in [1.165, 1.54) is 0 Å². The molecule has 0 aromatic heterocycles. The summed E-state index contributed by atoms with van der Waals surface area (Å²) in [5.74, 6) is 0.785. The molecule has 0 radical (unpaired) electrons. The quantitative estimate of drug-likeness (QED) is 0.653. The standard InChI is InChI=1S/C10H14BrNO2/c1-13-3-2-4-14-10-6-8(11)5-9(12)7-10/h5-7H,2-4,12H2,1H3. The summed E-state index contributed by atoms with van der Waals surface area (Å²) >= 11 is 3.35. The molecule has 0 spiro atoms. The van der Waals surface area contributed by atoms with Crippen molar-refractivity contribution in [2.45, 2.75) is 6.42 Å². The Hall–Kier alpha value is -0.740. The summed E-state index contributed by atoms with van der Waals surface area (Å²) in [6.45, 7) is 1.35. The van der Waals surface area contributed by atoms with Gasteiger partial charge in [-0.25, -0.2) is 0 Å². The molecule has 1 rings (SSSR count). The topological polar surface area (TPSA) is 44.5 Å². The lowest BCUT2D eigenvalue weighted by Crippen LogP contribution is -2.01. The van der Waals surface area contributed by atoms with E-state index in [0.717, 1.165) is 16.6 Å². The first-order chi connectivity index (χ1) is 6.72. The van der Waals surface area contributed by atoms with Gasteiger partial charge >= 0.3 is 0 Å². The van der Waals surface area contributed by atoms with E-state index in [0.29, 0.717) is 18.9 Å². The number of ether oxygens (including phenoxy) is 2. The number of halogens is 1. The van der Waals surface area contributed by atoms with E-state index in [2.05, 4.69) is 15.9 Å². The molecule has 4 heteroatoms. The molecule has 0 aliphatic rings. The third kappa shape index (κ3) is 3.98. The Morgan fingerprint density at radius 2 is 2.07 bits per heavy atom. The first-order valence-electron chi connectivity index (χ1n) is 4.40. The van der Waals surface area contributed by atoms with Crippen LogP contribution in [0.4, 0.5) is 5.69 Å². The van der Waals surface area contributed by atoms with Crippen LogP contribution < -0.4 is 10.5 Å². The van der Waals surface area contributed by atoms with Crippen LogP contribution in [0.5, 0.6) is 5.75 Å². The molecule has 0 aliphatic carbocycles. The van der Waals surface area contributed by atoms with E-state index < -0.39 is 0 Å². The van der Waals surface area contributed by atoms with Crippen molar-refractivity contribution in [2.24, 2.45) is 0 Å². The number of hydrogen-bond donors (Lipinski definition) is 1. The van der Waals surface area contributed by atoms with Gasteiger partial charge in [0.05, 0.1) is 6.61 Å². The lowest BCUT2D eigenvalue weighted by Gasteiger charge is -2.06. The average molecular weight is 260 g/mol. The summed E-state index contributed by atoms with van der Waals surface area (Å²) in [6, 6.07) is 5.53. The van der Waals surface area contributed by atoms with Crippen molar-refractivity contribution in [1.82, 2.24) is 0 Å². The molecular weight excluding hydrogens is 246 g/mol. The van der Waals surface area contributed by atoms with E-state index in [1.807, 2.05) is 12.1 Å². The zero-order valence-electron chi connectivity index (χ0n) is 8.13. The van der Waals surface area contributed by atoms with E-state index in [-0.39, 0.29) is 0 Å². The highest BCUT2D eigenvalue weighted by molar-refractivity contribution is 9.10. The van der Waals surface area contributed by atoms with Gasteiger partial charge < -0.3 is 15.2 Å². The van der Waals surface area contributed by atoms with Gasteiger partial charge in [-0.1, -0.05) is 15.9 Å². The van der Waals surface area contributed by atoms with Gasteiger partial charge in [0.25, 0.3) is 0 Å². The molecule has 14 heavy (non-hydrogen) atoms. The number of anilines is 1. The number of rotatable bonds is 5. The summed E-state index contributed by atoms with van der Waals surface area (Å²) in [5, 5.41) is 0. The minimum Gasteiger partial charge on any atom is -0.493 e. The van der Waals surface area contributed by atoms with Crippen LogP contribution in [0.2, 0.25) is 0 Å².